The SMILES string of the molecule is COc1ccc(S(=O)(=O)N2CCN(c3nnc(C)o3)CC2)c(C)c1. The summed E-state index contributed by atoms with van der Waals surface area (Å²) in [5.74, 6) is 1.14. The molecule has 0 saturated carbocycles. The molecule has 0 aliphatic carbocycles. The number of piperazine rings is 1. The molecule has 2 aromatic rings. The van der Waals surface area contributed by atoms with Crippen LogP contribution in [0.1, 0.15) is 11.5 Å². The highest BCUT2D eigenvalue weighted by atomic mass is 32.2. The fourth-order valence-corrected chi connectivity index (χ4v) is 4.34. The molecule has 0 radical (unpaired) electrons. The molecule has 0 bridgehead atoms. The molecule has 1 aromatic carbocycles. The van der Waals surface area contributed by atoms with Gasteiger partial charge in [0.05, 0.1) is 12.0 Å². The summed E-state index contributed by atoms with van der Waals surface area (Å²) in [6.07, 6.45) is 0. The van der Waals surface area contributed by atoms with E-state index in [1.807, 2.05) is 4.90 Å². The summed E-state index contributed by atoms with van der Waals surface area (Å²) in [5, 5.41) is 7.78. The van der Waals surface area contributed by atoms with Crippen LogP contribution in [0.25, 0.3) is 0 Å². The van der Waals surface area contributed by atoms with Crippen LogP contribution in [0.15, 0.2) is 27.5 Å². The Balaban J connectivity index is 1.75. The van der Waals surface area contributed by atoms with Gasteiger partial charge in [-0.25, -0.2) is 8.42 Å². The molecule has 0 atom stereocenters. The van der Waals surface area contributed by atoms with E-state index >= 15 is 0 Å². The van der Waals surface area contributed by atoms with Crippen molar-refractivity contribution in [1.29, 1.82) is 0 Å². The number of aromatic nitrogens is 2. The van der Waals surface area contributed by atoms with Crippen molar-refractivity contribution in [3.63, 3.8) is 0 Å². The number of anilines is 1. The highest BCUT2D eigenvalue weighted by molar-refractivity contribution is 7.89. The summed E-state index contributed by atoms with van der Waals surface area (Å²) < 4.78 is 37.8. The van der Waals surface area contributed by atoms with Gasteiger partial charge in [-0.15, -0.1) is 5.10 Å². The van der Waals surface area contributed by atoms with Crippen molar-refractivity contribution < 1.29 is 17.6 Å². The topological polar surface area (TPSA) is 88.8 Å². The zero-order chi connectivity index (χ0) is 17.3. The largest absolute Gasteiger partial charge is 0.497 e. The van der Waals surface area contributed by atoms with Gasteiger partial charge in [0.1, 0.15) is 5.75 Å². The molecule has 1 fully saturated rings. The Labute approximate surface area is 141 Å². The first-order valence-corrected chi connectivity index (χ1v) is 9.05. The number of ether oxygens (including phenoxy) is 1. The summed E-state index contributed by atoms with van der Waals surface area (Å²) in [5.41, 5.74) is 0.671. The third-order valence-electron chi connectivity index (χ3n) is 4.02. The maximum absolute atomic E-state index is 12.9. The fourth-order valence-electron chi connectivity index (χ4n) is 2.71. The van der Waals surface area contributed by atoms with E-state index in [2.05, 4.69) is 10.2 Å². The number of nitrogens with zero attached hydrogens (tertiary/aromatic N) is 4. The van der Waals surface area contributed by atoms with Crippen LogP contribution < -0.4 is 9.64 Å². The Bertz CT molecular complexity index is 826. The van der Waals surface area contributed by atoms with Crippen molar-refractivity contribution in [2.45, 2.75) is 18.7 Å². The minimum absolute atomic E-state index is 0.311. The molecule has 0 spiro atoms. The molecular weight excluding hydrogens is 332 g/mol. The normalized spacial score (nSPS) is 16.4. The summed E-state index contributed by atoms with van der Waals surface area (Å²) in [7, 11) is -1.98. The van der Waals surface area contributed by atoms with Crippen molar-refractivity contribution >= 4 is 16.0 Å². The van der Waals surface area contributed by atoms with Crippen molar-refractivity contribution in [2.75, 3.05) is 38.2 Å². The Morgan fingerprint density at radius 2 is 1.83 bits per heavy atom. The van der Waals surface area contributed by atoms with E-state index in [0.717, 1.165) is 0 Å². The van der Waals surface area contributed by atoms with Crippen LogP contribution in [0, 0.1) is 13.8 Å². The first kappa shape index (κ1) is 16.7. The zero-order valence-electron chi connectivity index (χ0n) is 13.9. The molecule has 2 heterocycles. The zero-order valence-corrected chi connectivity index (χ0v) is 14.7. The summed E-state index contributed by atoms with van der Waals surface area (Å²) in [4.78, 5) is 2.21. The van der Waals surface area contributed by atoms with Gasteiger partial charge < -0.3 is 14.1 Å². The molecule has 1 aromatic heterocycles. The second kappa shape index (κ2) is 6.40. The Morgan fingerprint density at radius 3 is 2.38 bits per heavy atom. The number of benzene rings is 1. The molecule has 1 saturated heterocycles. The van der Waals surface area contributed by atoms with Crippen LogP contribution in [0.3, 0.4) is 0 Å². The van der Waals surface area contributed by atoms with Crippen LogP contribution in [0.5, 0.6) is 5.75 Å². The maximum atomic E-state index is 12.9. The van der Waals surface area contributed by atoms with E-state index in [4.69, 9.17) is 9.15 Å². The lowest BCUT2D eigenvalue weighted by Crippen LogP contribution is -2.48. The van der Waals surface area contributed by atoms with E-state index in [9.17, 15) is 8.42 Å². The smallest absolute Gasteiger partial charge is 0.318 e. The number of sulfonamides is 1. The van der Waals surface area contributed by atoms with Gasteiger partial charge >= 0.3 is 6.01 Å². The van der Waals surface area contributed by atoms with E-state index in [0.29, 0.717) is 54.3 Å². The number of hydrogen-bond donors (Lipinski definition) is 0. The van der Waals surface area contributed by atoms with Crippen LogP contribution in [0.2, 0.25) is 0 Å². The predicted octanol–water partition coefficient (Wildman–Crippen LogP) is 1.21. The van der Waals surface area contributed by atoms with Gasteiger partial charge in [-0.2, -0.15) is 4.31 Å². The molecule has 1 aliphatic rings. The molecule has 3 rings (SSSR count). The summed E-state index contributed by atoms with van der Waals surface area (Å²) in [6, 6.07) is 5.42. The number of aryl methyl sites for hydroxylation is 2. The standard InChI is InChI=1S/C15H20N4O4S/c1-11-10-13(22-3)4-5-14(11)24(20,21)19-8-6-18(7-9-19)15-17-16-12(2)23-15/h4-5,10H,6-9H2,1-3H3. The van der Waals surface area contributed by atoms with Crippen molar-refractivity contribution in [2.24, 2.45) is 0 Å². The van der Waals surface area contributed by atoms with Gasteiger partial charge in [0.2, 0.25) is 15.9 Å². The molecule has 1 aliphatic heterocycles. The minimum Gasteiger partial charge on any atom is -0.497 e. The molecule has 0 amide bonds. The molecule has 9 heteroatoms. The number of methoxy groups -OCH3 is 1. The van der Waals surface area contributed by atoms with Gasteiger partial charge in [-0.3, -0.25) is 0 Å². The van der Waals surface area contributed by atoms with Crippen molar-refractivity contribution in [1.82, 2.24) is 14.5 Å². The average Bonchev–Trinajstić information content (AvgIpc) is 3.01. The minimum atomic E-state index is -3.53. The van der Waals surface area contributed by atoms with Gasteiger partial charge in [-0.05, 0) is 30.7 Å². The fraction of sp³-hybridized carbons (Fsp3) is 0.467. The Hall–Kier alpha value is -2.13. The van der Waals surface area contributed by atoms with Gasteiger partial charge in [0, 0.05) is 33.1 Å². The highest BCUT2D eigenvalue weighted by Crippen LogP contribution is 2.25. The first-order valence-electron chi connectivity index (χ1n) is 7.61. The third kappa shape index (κ3) is 3.09. The second-order valence-corrected chi connectivity index (χ2v) is 7.53. The summed E-state index contributed by atoms with van der Waals surface area (Å²) in [6.45, 7) is 5.26. The lowest BCUT2D eigenvalue weighted by molar-refractivity contribution is 0.369. The monoisotopic (exact) mass is 352 g/mol. The lowest BCUT2D eigenvalue weighted by atomic mass is 10.2. The van der Waals surface area contributed by atoms with Gasteiger partial charge in [-0.1, -0.05) is 5.10 Å². The van der Waals surface area contributed by atoms with E-state index in [1.165, 1.54) is 4.31 Å². The highest BCUT2D eigenvalue weighted by Gasteiger charge is 2.31. The van der Waals surface area contributed by atoms with E-state index < -0.39 is 10.0 Å². The molecule has 8 nitrogen and oxygen atoms in total. The van der Waals surface area contributed by atoms with Crippen molar-refractivity contribution in [3.8, 4) is 5.75 Å². The first-order chi connectivity index (χ1) is 11.4. The molecule has 24 heavy (non-hydrogen) atoms. The van der Waals surface area contributed by atoms with Crippen LogP contribution in [-0.2, 0) is 10.0 Å². The van der Waals surface area contributed by atoms with Crippen LogP contribution >= 0.6 is 0 Å². The van der Waals surface area contributed by atoms with E-state index in [1.54, 1.807) is 39.2 Å². The quantitative estimate of drug-likeness (QED) is 0.817. The van der Waals surface area contributed by atoms with Crippen molar-refractivity contribution in [3.05, 3.63) is 29.7 Å². The number of hydrogen-bond acceptors (Lipinski definition) is 7. The molecule has 0 N–H and O–H groups in total. The average molecular weight is 352 g/mol. The van der Waals surface area contributed by atoms with Crippen LogP contribution in [0.4, 0.5) is 6.01 Å². The van der Waals surface area contributed by atoms with Gasteiger partial charge in [0.25, 0.3) is 0 Å². The number of rotatable bonds is 4. The summed E-state index contributed by atoms with van der Waals surface area (Å²) >= 11 is 0. The third-order valence-corrected chi connectivity index (χ3v) is 6.08. The maximum Gasteiger partial charge on any atom is 0.318 e. The lowest BCUT2D eigenvalue weighted by Gasteiger charge is -2.33. The molecular formula is C15H20N4O4S. The molecule has 0 unspecified atom stereocenters. The Morgan fingerprint density at radius 1 is 1.12 bits per heavy atom. The predicted molar refractivity (Wildman–Crippen MR) is 87.7 cm³/mol. The van der Waals surface area contributed by atoms with Gasteiger partial charge in [0.15, 0.2) is 0 Å². The Kier molecular flexibility index (Phi) is 4.46. The second-order valence-electron chi connectivity index (χ2n) is 5.63. The molecule has 130 valence electrons. The van der Waals surface area contributed by atoms with E-state index in [-0.39, 0.29) is 0 Å². The van der Waals surface area contributed by atoms with Crippen LogP contribution in [-0.4, -0.2) is 56.2 Å².